The van der Waals surface area contributed by atoms with E-state index in [1.165, 1.54) is 95.7 Å². The van der Waals surface area contributed by atoms with E-state index in [1.807, 2.05) is 0 Å². The molecule has 3 fully saturated rings. The van der Waals surface area contributed by atoms with Crippen molar-refractivity contribution in [2.24, 2.45) is 0 Å². The van der Waals surface area contributed by atoms with Crippen molar-refractivity contribution in [3.8, 4) is 0 Å². The molecule has 0 bridgehead atoms. The van der Waals surface area contributed by atoms with Crippen LogP contribution in [0.2, 0.25) is 0 Å². The molecular formula is C25H41N2OP. The normalized spacial score (nSPS) is 24.0. The third-order valence-electron chi connectivity index (χ3n) is 7.62. The summed E-state index contributed by atoms with van der Waals surface area (Å²) in [5.41, 5.74) is 2.23. The quantitative estimate of drug-likeness (QED) is 0.510. The standard InChI is InChI=1S/C25H41N2OP/c28-29(24-14-6-2-7-15-24,25-16-8-3-9-17-25)26-23(21-27-18-10-11-19-27)20-22-12-4-1-5-13-22/h1,4-5,12-13,23-25H,2-3,6-11,14-21H2,(H,26,28)/t23-/m0/s1. The van der Waals surface area contributed by atoms with Crippen LogP contribution in [0.1, 0.15) is 82.6 Å². The van der Waals surface area contributed by atoms with Crippen LogP contribution in [-0.2, 0) is 11.0 Å². The van der Waals surface area contributed by atoms with E-state index in [0.717, 1.165) is 13.0 Å². The fourth-order valence-corrected chi connectivity index (χ4v) is 10.1. The van der Waals surface area contributed by atoms with Gasteiger partial charge in [0.15, 0.2) is 7.29 Å². The molecule has 4 rings (SSSR count). The van der Waals surface area contributed by atoms with Crippen LogP contribution < -0.4 is 5.09 Å². The molecule has 0 unspecified atom stereocenters. The van der Waals surface area contributed by atoms with Gasteiger partial charge in [0.1, 0.15) is 0 Å². The molecule has 1 aromatic carbocycles. The minimum atomic E-state index is -2.40. The minimum Gasteiger partial charge on any atom is -0.306 e. The first-order valence-electron chi connectivity index (χ1n) is 12.4. The lowest BCUT2D eigenvalue weighted by molar-refractivity contribution is 0.301. The SMILES string of the molecule is O=P(N[C@@H](Cc1ccccc1)CN1CCCC1)(C1CCCCC1)C1CCCCC1. The Labute approximate surface area is 178 Å². The number of nitrogens with zero attached hydrogens (tertiary/aromatic N) is 1. The maximum absolute atomic E-state index is 14.8. The Morgan fingerprint density at radius 3 is 1.93 bits per heavy atom. The van der Waals surface area contributed by atoms with Gasteiger partial charge < -0.3 is 9.46 Å². The first-order valence-corrected chi connectivity index (χ1v) is 14.2. The summed E-state index contributed by atoms with van der Waals surface area (Å²) in [6, 6.07) is 11.2. The highest BCUT2D eigenvalue weighted by Gasteiger charge is 2.42. The topological polar surface area (TPSA) is 32.3 Å². The van der Waals surface area contributed by atoms with Crippen LogP contribution in [-0.4, -0.2) is 41.9 Å². The molecule has 0 aromatic heterocycles. The van der Waals surface area contributed by atoms with E-state index in [4.69, 9.17) is 0 Å². The molecule has 29 heavy (non-hydrogen) atoms. The van der Waals surface area contributed by atoms with Crippen LogP contribution in [0.4, 0.5) is 0 Å². The van der Waals surface area contributed by atoms with Crippen molar-refractivity contribution in [2.75, 3.05) is 19.6 Å². The van der Waals surface area contributed by atoms with Crippen LogP contribution in [0.15, 0.2) is 30.3 Å². The van der Waals surface area contributed by atoms with Gasteiger partial charge >= 0.3 is 0 Å². The predicted molar refractivity (Wildman–Crippen MR) is 124 cm³/mol. The summed E-state index contributed by atoms with van der Waals surface area (Å²) >= 11 is 0. The van der Waals surface area contributed by atoms with Crippen molar-refractivity contribution in [2.45, 2.75) is 101 Å². The van der Waals surface area contributed by atoms with E-state index in [9.17, 15) is 4.57 Å². The van der Waals surface area contributed by atoms with Crippen molar-refractivity contribution < 1.29 is 4.57 Å². The highest BCUT2D eigenvalue weighted by Crippen LogP contribution is 2.60. The van der Waals surface area contributed by atoms with Crippen LogP contribution in [0.25, 0.3) is 0 Å². The summed E-state index contributed by atoms with van der Waals surface area (Å²) in [5.74, 6) is 0. The second-order valence-corrected chi connectivity index (χ2v) is 13.0. The molecule has 2 aliphatic carbocycles. The van der Waals surface area contributed by atoms with Gasteiger partial charge in [-0.2, -0.15) is 0 Å². The number of rotatable bonds is 8. The van der Waals surface area contributed by atoms with Gasteiger partial charge in [-0.15, -0.1) is 0 Å². The van der Waals surface area contributed by atoms with Crippen molar-refractivity contribution in [3.05, 3.63) is 35.9 Å². The lowest BCUT2D eigenvalue weighted by Crippen LogP contribution is -2.44. The molecule has 1 aliphatic heterocycles. The van der Waals surface area contributed by atoms with Crippen molar-refractivity contribution in [1.82, 2.24) is 9.99 Å². The second-order valence-electron chi connectivity index (χ2n) is 9.82. The summed E-state index contributed by atoms with van der Waals surface area (Å²) < 4.78 is 14.8. The maximum atomic E-state index is 14.8. The number of likely N-dealkylation sites (tertiary alicyclic amines) is 1. The lowest BCUT2D eigenvalue weighted by Gasteiger charge is -2.41. The van der Waals surface area contributed by atoms with Crippen LogP contribution in [0.5, 0.6) is 0 Å². The molecule has 1 aromatic rings. The molecule has 0 amide bonds. The van der Waals surface area contributed by atoms with E-state index < -0.39 is 7.29 Å². The largest absolute Gasteiger partial charge is 0.306 e. The van der Waals surface area contributed by atoms with E-state index in [2.05, 4.69) is 40.3 Å². The molecule has 4 heteroatoms. The third kappa shape index (κ3) is 5.75. The second kappa shape index (κ2) is 10.6. The Bertz CT molecular complexity index is 624. The van der Waals surface area contributed by atoms with Gasteiger partial charge in [-0.25, -0.2) is 0 Å². The Kier molecular flexibility index (Phi) is 7.90. The first-order chi connectivity index (χ1) is 14.2. The van der Waals surface area contributed by atoms with E-state index in [1.54, 1.807) is 0 Å². The van der Waals surface area contributed by atoms with Crippen LogP contribution >= 0.6 is 7.29 Å². The predicted octanol–water partition coefficient (Wildman–Crippen LogP) is 6.23. The molecule has 1 saturated heterocycles. The van der Waals surface area contributed by atoms with Crippen molar-refractivity contribution >= 4 is 7.29 Å². The van der Waals surface area contributed by atoms with Gasteiger partial charge in [0.05, 0.1) is 0 Å². The summed E-state index contributed by atoms with van der Waals surface area (Å²) in [6.07, 6.45) is 16.2. The Balaban J connectivity index is 1.54. The van der Waals surface area contributed by atoms with Crippen molar-refractivity contribution in [3.63, 3.8) is 0 Å². The van der Waals surface area contributed by atoms with Gasteiger partial charge in [0.2, 0.25) is 0 Å². The zero-order chi connectivity index (χ0) is 19.9. The zero-order valence-corrected chi connectivity index (χ0v) is 19.1. The third-order valence-corrected chi connectivity index (χ3v) is 11.6. The Morgan fingerprint density at radius 2 is 1.38 bits per heavy atom. The van der Waals surface area contributed by atoms with Gasteiger partial charge in [-0.05, 0) is 63.6 Å². The monoisotopic (exact) mass is 416 g/mol. The van der Waals surface area contributed by atoms with E-state index in [0.29, 0.717) is 17.4 Å². The fraction of sp³-hybridized carbons (Fsp3) is 0.760. The molecule has 0 spiro atoms. The molecule has 1 N–H and O–H groups in total. The number of nitrogens with one attached hydrogen (secondary N) is 1. The fourth-order valence-electron chi connectivity index (χ4n) is 6.05. The molecule has 2 saturated carbocycles. The summed E-state index contributed by atoms with van der Waals surface area (Å²) in [5, 5.41) is 3.96. The van der Waals surface area contributed by atoms with Gasteiger partial charge in [0, 0.05) is 23.9 Å². The summed E-state index contributed by atoms with van der Waals surface area (Å²) in [6.45, 7) is 3.48. The van der Waals surface area contributed by atoms with Crippen molar-refractivity contribution in [1.29, 1.82) is 0 Å². The average Bonchev–Trinajstić information content (AvgIpc) is 3.28. The molecule has 0 radical (unpaired) electrons. The van der Waals surface area contributed by atoms with Gasteiger partial charge in [0.25, 0.3) is 0 Å². The number of benzene rings is 1. The van der Waals surface area contributed by atoms with Crippen LogP contribution in [0, 0.1) is 0 Å². The Hall–Kier alpha value is -0.630. The summed E-state index contributed by atoms with van der Waals surface area (Å²) in [4.78, 5) is 2.60. The molecule has 3 aliphatic rings. The molecule has 162 valence electrons. The maximum Gasteiger partial charge on any atom is 0.154 e. The highest BCUT2D eigenvalue weighted by atomic mass is 31.2. The van der Waals surface area contributed by atoms with Crippen LogP contribution in [0.3, 0.4) is 0 Å². The van der Waals surface area contributed by atoms with Gasteiger partial charge in [-0.1, -0.05) is 68.9 Å². The molecule has 1 heterocycles. The van der Waals surface area contributed by atoms with Gasteiger partial charge in [-0.3, -0.25) is 5.09 Å². The minimum absolute atomic E-state index is 0.310. The average molecular weight is 417 g/mol. The number of hydrogen-bond acceptors (Lipinski definition) is 2. The van der Waals surface area contributed by atoms with E-state index >= 15 is 0 Å². The zero-order valence-electron chi connectivity index (χ0n) is 18.2. The Morgan fingerprint density at radius 1 is 0.828 bits per heavy atom. The van der Waals surface area contributed by atoms with E-state index in [-0.39, 0.29) is 0 Å². The number of hydrogen-bond donors (Lipinski definition) is 1. The molecule has 1 atom stereocenters. The molecule has 3 nitrogen and oxygen atoms in total. The molecular weight excluding hydrogens is 375 g/mol. The summed E-state index contributed by atoms with van der Waals surface area (Å²) in [7, 11) is -2.40. The lowest BCUT2D eigenvalue weighted by atomic mass is 9.99. The smallest absolute Gasteiger partial charge is 0.154 e. The highest BCUT2D eigenvalue weighted by molar-refractivity contribution is 7.63. The first kappa shape index (κ1) is 21.6.